The van der Waals surface area contributed by atoms with Crippen molar-refractivity contribution < 1.29 is 14.3 Å². The minimum atomic E-state index is -0.498. The van der Waals surface area contributed by atoms with Gasteiger partial charge < -0.3 is 10.1 Å². The molecule has 1 heterocycles. The lowest BCUT2D eigenvalue weighted by atomic mass is 10.1. The molecule has 1 fully saturated rings. The number of benzene rings is 1. The van der Waals surface area contributed by atoms with Crippen molar-refractivity contribution in [2.24, 2.45) is 0 Å². The minimum Gasteiger partial charge on any atom is -0.454 e. The van der Waals surface area contributed by atoms with Gasteiger partial charge in [0.05, 0.1) is 5.52 Å². The molecule has 7 heteroatoms. The number of esters is 1. The Hall–Kier alpha value is -2.44. The Balaban J connectivity index is 1.45. The van der Waals surface area contributed by atoms with E-state index in [0.29, 0.717) is 0 Å². The summed E-state index contributed by atoms with van der Waals surface area (Å²) in [6.45, 7) is -0.306. The fraction of sp³-hybridized carbons (Fsp3) is 0.529. The zero-order valence-electron chi connectivity index (χ0n) is 13.6. The van der Waals surface area contributed by atoms with Gasteiger partial charge in [-0.3, -0.25) is 9.59 Å². The molecule has 0 spiro atoms. The number of amides is 1. The van der Waals surface area contributed by atoms with Crippen molar-refractivity contribution in [3.63, 3.8) is 0 Å². The summed E-state index contributed by atoms with van der Waals surface area (Å²) >= 11 is 0. The van der Waals surface area contributed by atoms with Crippen LogP contribution in [0.2, 0.25) is 0 Å². The third-order valence-corrected chi connectivity index (χ3v) is 4.28. The Bertz CT molecular complexity index is 705. The zero-order valence-corrected chi connectivity index (χ0v) is 13.6. The number of rotatable bonds is 5. The Morgan fingerprint density at radius 3 is 2.71 bits per heavy atom. The van der Waals surface area contributed by atoms with E-state index >= 15 is 0 Å². The summed E-state index contributed by atoms with van der Waals surface area (Å²) in [6, 6.07) is 7.58. The maximum absolute atomic E-state index is 11.9. The van der Waals surface area contributed by atoms with Crippen LogP contribution in [-0.4, -0.2) is 39.5 Å². The van der Waals surface area contributed by atoms with E-state index in [2.05, 4.69) is 15.6 Å². The smallest absolute Gasteiger partial charge is 0.328 e. The molecule has 1 aliphatic carbocycles. The van der Waals surface area contributed by atoms with Gasteiger partial charge in [-0.05, 0) is 25.0 Å². The number of carbonyl (C=O) groups is 2. The molecule has 0 atom stereocenters. The van der Waals surface area contributed by atoms with Crippen molar-refractivity contribution in [1.29, 1.82) is 0 Å². The first kappa shape index (κ1) is 16.4. The topological polar surface area (TPSA) is 86.1 Å². The second-order valence-corrected chi connectivity index (χ2v) is 6.15. The van der Waals surface area contributed by atoms with E-state index in [9.17, 15) is 9.59 Å². The number of hydrogen-bond donors (Lipinski definition) is 1. The summed E-state index contributed by atoms with van der Waals surface area (Å²) in [5, 5.41) is 10.9. The van der Waals surface area contributed by atoms with Crippen LogP contribution in [-0.2, 0) is 20.9 Å². The predicted octanol–water partition coefficient (Wildman–Crippen LogP) is 1.81. The number of aromatic nitrogens is 3. The highest BCUT2D eigenvalue weighted by Crippen LogP contribution is 2.17. The van der Waals surface area contributed by atoms with Crippen molar-refractivity contribution in [2.45, 2.75) is 51.1 Å². The van der Waals surface area contributed by atoms with Crippen LogP contribution < -0.4 is 5.32 Å². The maximum Gasteiger partial charge on any atom is 0.328 e. The maximum atomic E-state index is 11.9. The van der Waals surface area contributed by atoms with Crippen LogP contribution in [0.15, 0.2) is 24.3 Å². The highest BCUT2D eigenvalue weighted by atomic mass is 16.5. The number of nitrogens with zero attached hydrogens (tertiary/aromatic N) is 3. The molecule has 0 radical (unpaired) electrons. The lowest BCUT2D eigenvalue weighted by Crippen LogP contribution is -2.37. The number of nitrogens with one attached hydrogen (secondary N) is 1. The molecule has 1 amide bonds. The van der Waals surface area contributed by atoms with Gasteiger partial charge in [0.2, 0.25) is 0 Å². The fourth-order valence-electron chi connectivity index (χ4n) is 3.04. The molecule has 3 rings (SSSR count). The van der Waals surface area contributed by atoms with Crippen molar-refractivity contribution in [3.05, 3.63) is 24.3 Å². The molecule has 0 aliphatic heterocycles. The Morgan fingerprint density at radius 2 is 1.92 bits per heavy atom. The molecule has 1 aromatic heterocycles. The van der Waals surface area contributed by atoms with Gasteiger partial charge in [0.1, 0.15) is 12.1 Å². The third-order valence-electron chi connectivity index (χ3n) is 4.28. The van der Waals surface area contributed by atoms with Gasteiger partial charge in [-0.15, -0.1) is 5.10 Å². The molecule has 1 aromatic carbocycles. The van der Waals surface area contributed by atoms with Crippen molar-refractivity contribution in [1.82, 2.24) is 20.3 Å². The summed E-state index contributed by atoms with van der Waals surface area (Å²) in [5.74, 6) is -0.736. The van der Waals surface area contributed by atoms with E-state index < -0.39 is 5.97 Å². The molecule has 1 N–H and O–H groups in total. The molecular formula is C17H22N4O3. The summed E-state index contributed by atoms with van der Waals surface area (Å²) in [7, 11) is 0. The molecule has 0 unspecified atom stereocenters. The standard InChI is InChI=1S/C17H22N4O3/c22-16(18-13-7-3-1-2-4-8-13)12-24-17(23)11-21-15-10-6-5-9-14(15)19-20-21/h5-6,9-10,13H,1-4,7-8,11-12H2,(H,18,22). The molecule has 2 aromatic rings. The van der Waals surface area contributed by atoms with E-state index in [1.54, 1.807) is 0 Å². The van der Waals surface area contributed by atoms with Gasteiger partial charge >= 0.3 is 5.97 Å². The molecule has 0 bridgehead atoms. The fourth-order valence-corrected chi connectivity index (χ4v) is 3.04. The average Bonchev–Trinajstić information content (AvgIpc) is 2.81. The van der Waals surface area contributed by atoms with E-state index in [1.165, 1.54) is 17.5 Å². The number of fused-ring (bicyclic) bond motifs is 1. The predicted molar refractivity (Wildman–Crippen MR) is 88.1 cm³/mol. The minimum absolute atomic E-state index is 0.0583. The number of hydrogen-bond acceptors (Lipinski definition) is 5. The van der Waals surface area contributed by atoms with Gasteiger partial charge in [0.15, 0.2) is 6.61 Å². The average molecular weight is 330 g/mol. The zero-order chi connectivity index (χ0) is 16.8. The van der Waals surface area contributed by atoms with Crippen molar-refractivity contribution >= 4 is 22.9 Å². The Kier molecular flexibility index (Phi) is 5.40. The van der Waals surface area contributed by atoms with Crippen LogP contribution in [0.1, 0.15) is 38.5 Å². The second-order valence-electron chi connectivity index (χ2n) is 6.15. The van der Waals surface area contributed by atoms with Crippen LogP contribution in [0, 0.1) is 0 Å². The molecule has 7 nitrogen and oxygen atoms in total. The van der Waals surface area contributed by atoms with Gasteiger partial charge in [0.25, 0.3) is 5.91 Å². The normalized spacial score (nSPS) is 15.8. The number of carbonyl (C=O) groups excluding carboxylic acids is 2. The molecule has 0 saturated heterocycles. The van der Waals surface area contributed by atoms with Gasteiger partial charge in [-0.1, -0.05) is 43.0 Å². The molecule has 1 aliphatic rings. The van der Waals surface area contributed by atoms with E-state index in [4.69, 9.17) is 4.74 Å². The highest BCUT2D eigenvalue weighted by Gasteiger charge is 2.16. The quantitative estimate of drug-likeness (QED) is 0.667. The van der Waals surface area contributed by atoms with Gasteiger partial charge in [-0.25, -0.2) is 4.68 Å². The van der Waals surface area contributed by atoms with E-state index in [1.807, 2.05) is 24.3 Å². The Labute approximate surface area is 140 Å². The van der Waals surface area contributed by atoms with Crippen LogP contribution in [0.4, 0.5) is 0 Å². The van der Waals surface area contributed by atoms with E-state index in [-0.39, 0.29) is 25.1 Å². The number of ether oxygens (including phenoxy) is 1. The van der Waals surface area contributed by atoms with E-state index in [0.717, 1.165) is 36.7 Å². The highest BCUT2D eigenvalue weighted by molar-refractivity contribution is 5.81. The molecule has 24 heavy (non-hydrogen) atoms. The Morgan fingerprint density at radius 1 is 1.17 bits per heavy atom. The lowest BCUT2D eigenvalue weighted by molar-refractivity contribution is -0.149. The summed E-state index contributed by atoms with van der Waals surface area (Å²) in [4.78, 5) is 23.8. The summed E-state index contributed by atoms with van der Waals surface area (Å²) < 4.78 is 6.53. The summed E-state index contributed by atoms with van der Waals surface area (Å²) in [5.41, 5.74) is 1.48. The number of para-hydroxylation sites is 1. The first-order valence-corrected chi connectivity index (χ1v) is 8.45. The third kappa shape index (κ3) is 4.31. The van der Waals surface area contributed by atoms with Crippen LogP contribution in [0.25, 0.3) is 11.0 Å². The second kappa shape index (κ2) is 7.90. The molecule has 1 saturated carbocycles. The first-order chi connectivity index (χ1) is 11.7. The summed E-state index contributed by atoms with van der Waals surface area (Å²) in [6.07, 6.45) is 6.75. The molecule has 128 valence electrons. The first-order valence-electron chi connectivity index (χ1n) is 8.45. The van der Waals surface area contributed by atoms with Crippen molar-refractivity contribution in [2.75, 3.05) is 6.61 Å². The van der Waals surface area contributed by atoms with Gasteiger partial charge in [-0.2, -0.15) is 0 Å². The molecular weight excluding hydrogens is 308 g/mol. The lowest BCUT2D eigenvalue weighted by Gasteiger charge is -2.16. The monoisotopic (exact) mass is 330 g/mol. The van der Waals surface area contributed by atoms with Crippen molar-refractivity contribution in [3.8, 4) is 0 Å². The van der Waals surface area contributed by atoms with Crippen LogP contribution in [0.5, 0.6) is 0 Å². The van der Waals surface area contributed by atoms with Crippen LogP contribution >= 0.6 is 0 Å². The van der Waals surface area contributed by atoms with Crippen LogP contribution in [0.3, 0.4) is 0 Å². The largest absolute Gasteiger partial charge is 0.454 e. The SMILES string of the molecule is O=C(COC(=O)Cn1nnc2ccccc21)NC1CCCCCC1. The van der Waals surface area contributed by atoms with Gasteiger partial charge in [0, 0.05) is 6.04 Å².